The Morgan fingerprint density at radius 2 is 1.86 bits per heavy atom. The number of benzene rings is 1. The maximum atomic E-state index is 3.79. The number of para-hydroxylation sites is 1. The van der Waals surface area contributed by atoms with E-state index in [9.17, 15) is 0 Å². The number of hydrogen-bond acceptors (Lipinski definition) is 2. The van der Waals surface area contributed by atoms with Crippen molar-refractivity contribution in [2.24, 2.45) is 11.8 Å². The molecular weight excluding hydrogens is 256 g/mol. The van der Waals surface area contributed by atoms with Gasteiger partial charge >= 0.3 is 0 Å². The molecule has 0 aliphatic carbocycles. The Morgan fingerprint density at radius 1 is 1.14 bits per heavy atom. The van der Waals surface area contributed by atoms with Crippen LogP contribution in [0, 0.1) is 11.8 Å². The van der Waals surface area contributed by atoms with E-state index in [2.05, 4.69) is 62.2 Å². The molecule has 0 saturated heterocycles. The average molecular weight is 288 g/mol. The third-order valence-electron chi connectivity index (χ3n) is 5.27. The van der Waals surface area contributed by atoms with Crippen LogP contribution < -0.4 is 10.2 Å². The molecule has 0 saturated carbocycles. The summed E-state index contributed by atoms with van der Waals surface area (Å²) in [4.78, 5) is 2.64. The Morgan fingerprint density at radius 3 is 2.52 bits per heavy atom. The van der Waals surface area contributed by atoms with Gasteiger partial charge in [0, 0.05) is 31.4 Å². The molecular formula is C19H32N2. The Hall–Kier alpha value is -1.02. The zero-order valence-electron chi connectivity index (χ0n) is 14.2. The van der Waals surface area contributed by atoms with Crippen LogP contribution >= 0.6 is 0 Å². The summed E-state index contributed by atoms with van der Waals surface area (Å²) in [5, 5.41) is 3.79. The van der Waals surface area contributed by atoms with Gasteiger partial charge in [0.25, 0.3) is 0 Å². The zero-order chi connectivity index (χ0) is 15.2. The number of hydrogen-bond donors (Lipinski definition) is 1. The number of nitrogens with one attached hydrogen (secondary N) is 1. The molecule has 118 valence electrons. The molecule has 2 rings (SSSR count). The van der Waals surface area contributed by atoms with Gasteiger partial charge in [0.1, 0.15) is 0 Å². The molecule has 21 heavy (non-hydrogen) atoms. The van der Waals surface area contributed by atoms with Crippen LogP contribution in [0.4, 0.5) is 5.69 Å². The maximum Gasteiger partial charge on any atom is 0.0412 e. The minimum absolute atomic E-state index is 0.594. The number of anilines is 1. The first-order valence-electron chi connectivity index (χ1n) is 8.75. The van der Waals surface area contributed by atoms with Crippen molar-refractivity contribution in [3.05, 3.63) is 29.8 Å². The van der Waals surface area contributed by atoms with Gasteiger partial charge in [-0.2, -0.15) is 0 Å². The van der Waals surface area contributed by atoms with Crippen molar-refractivity contribution < 1.29 is 0 Å². The van der Waals surface area contributed by atoms with Gasteiger partial charge in [-0.1, -0.05) is 65.2 Å². The molecule has 2 unspecified atom stereocenters. The summed E-state index contributed by atoms with van der Waals surface area (Å²) in [5.74, 6) is 1.53. The number of rotatable bonds is 6. The van der Waals surface area contributed by atoms with Gasteiger partial charge in [0.15, 0.2) is 0 Å². The first-order chi connectivity index (χ1) is 10.2. The molecule has 0 fully saturated rings. The van der Waals surface area contributed by atoms with Gasteiger partial charge in [-0.25, -0.2) is 0 Å². The van der Waals surface area contributed by atoms with Crippen molar-refractivity contribution in [2.75, 3.05) is 18.0 Å². The van der Waals surface area contributed by atoms with Crippen LogP contribution in [0.25, 0.3) is 0 Å². The Balaban J connectivity index is 2.23. The summed E-state index contributed by atoms with van der Waals surface area (Å²) in [6.07, 6.45) is 3.79. The maximum absolute atomic E-state index is 3.79. The summed E-state index contributed by atoms with van der Waals surface area (Å²) in [6, 6.07) is 9.53. The highest BCUT2D eigenvalue weighted by molar-refractivity contribution is 5.54. The second kappa shape index (κ2) is 7.84. The lowest BCUT2D eigenvalue weighted by atomic mass is 9.97. The highest BCUT2D eigenvalue weighted by Gasteiger charge is 2.25. The van der Waals surface area contributed by atoms with Crippen molar-refractivity contribution in [3.63, 3.8) is 0 Å². The van der Waals surface area contributed by atoms with Crippen molar-refractivity contribution in [1.29, 1.82) is 0 Å². The van der Waals surface area contributed by atoms with Crippen molar-refractivity contribution in [3.8, 4) is 0 Å². The predicted molar refractivity (Wildman–Crippen MR) is 92.8 cm³/mol. The second-order valence-electron chi connectivity index (χ2n) is 6.59. The lowest BCUT2D eigenvalue weighted by molar-refractivity contribution is 0.362. The van der Waals surface area contributed by atoms with Gasteiger partial charge in [-0.15, -0.1) is 0 Å². The molecule has 0 aromatic heterocycles. The summed E-state index contributed by atoms with van der Waals surface area (Å²) < 4.78 is 0. The van der Waals surface area contributed by atoms with Gasteiger partial charge in [0.2, 0.25) is 0 Å². The molecule has 0 bridgehead atoms. The molecule has 1 aliphatic heterocycles. The van der Waals surface area contributed by atoms with Crippen LogP contribution in [0.2, 0.25) is 0 Å². The quantitative estimate of drug-likeness (QED) is 0.832. The van der Waals surface area contributed by atoms with E-state index in [1.165, 1.54) is 37.1 Å². The van der Waals surface area contributed by atoms with Crippen LogP contribution in [-0.2, 0) is 6.54 Å². The smallest absolute Gasteiger partial charge is 0.0412 e. The van der Waals surface area contributed by atoms with Crippen LogP contribution in [-0.4, -0.2) is 19.1 Å². The number of fused-ring (bicyclic) bond motifs is 1. The molecule has 1 aromatic rings. The molecule has 0 spiro atoms. The fraction of sp³-hybridized carbons (Fsp3) is 0.684. The second-order valence-corrected chi connectivity index (χ2v) is 6.59. The van der Waals surface area contributed by atoms with E-state index < -0.39 is 0 Å². The number of nitrogens with zero attached hydrogens (tertiary/aromatic N) is 1. The first kappa shape index (κ1) is 16.4. The molecule has 0 amide bonds. The van der Waals surface area contributed by atoms with E-state index in [-0.39, 0.29) is 0 Å². The SMILES string of the molecule is CCC(CC)CN1CC(C(C)CC)NCc2ccccc21. The Bertz CT molecular complexity index is 425. The van der Waals surface area contributed by atoms with Crippen molar-refractivity contribution >= 4 is 5.69 Å². The molecule has 2 heteroatoms. The largest absolute Gasteiger partial charge is 0.369 e. The fourth-order valence-electron chi connectivity index (χ4n) is 3.31. The summed E-state index contributed by atoms with van der Waals surface area (Å²) >= 11 is 0. The minimum Gasteiger partial charge on any atom is -0.369 e. The van der Waals surface area contributed by atoms with Gasteiger partial charge in [0.05, 0.1) is 0 Å². The standard InChI is InChI=1S/C19H32N2/c1-5-15(4)18-14-21(13-16(6-2)7-3)19-11-9-8-10-17(19)12-20-18/h8-11,15-16,18,20H,5-7,12-14H2,1-4H3. The van der Waals surface area contributed by atoms with E-state index in [4.69, 9.17) is 0 Å². The van der Waals surface area contributed by atoms with Gasteiger partial charge in [-0.05, 0) is 23.5 Å². The molecule has 2 nitrogen and oxygen atoms in total. The van der Waals surface area contributed by atoms with E-state index in [0.717, 1.165) is 24.9 Å². The van der Waals surface area contributed by atoms with E-state index in [0.29, 0.717) is 6.04 Å². The van der Waals surface area contributed by atoms with Gasteiger partial charge in [-0.3, -0.25) is 0 Å². The van der Waals surface area contributed by atoms with E-state index in [1.807, 2.05) is 0 Å². The Labute approximate surface area is 130 Å². The topological polar surface area (TPSA) is 15.3 Å². The first-order valence-corrected chi connectivity index (χ1v) is 8.75. The van der Waals surface area contributed by atoms with Crippen LogP contribution in [0.5, 0.6) is 0 Å². The summed E-state index contributed by atoms with van der Waals surface area (Å²) in [5.41, 5.74) is 2.90. The van der Waals surface area contributed by atoms with Crippen molar-refractivity contribution in [2.45, 2.75) is 59.5 Å². The molecule has 1 aliphatic rings. The fourth-order valence-corrected chi connectivity index (χ4v) is 3.31. The highest BCUT2D eigenvalue weighted by Crippen LogP contribution is 2.27. The van der Waals surface area contributed by atoms with E-state index in [1.54, 1.807) is 0 Å². The predicted octanol–water partition coefficient (Wildman–Crippen LogP) is 4.45. The minimum atomic E-state index is 0.594. The Kier molecular flexibility index (Phi) is 6.10. The third kappa shape index (κ3) is 4.00. The highest BCUT2D eigenvalue weighted by atomic mass is 15.2. The summed E-state index contributed by atoms with van der Waals surface area (Å²) in [7, 11) is 0. The lowest BCUT2D eigenvalue weighted by Crippen LogP contribution is -2.43. The molecule has 1 aromatic carbocycles. The monoisotopic (exact) mass is 288 g/mol. The van der Waals surface area contributed by atoms with Gasteiger partial charge < -0.3 is 10.2 Å². The zero-order valence-corrected chi connectivity index (χ0v) is 14.2. The summed E-state index contributed by atoms with van der Waals surface area (Å²) in [6.45, 7) is 12.7. The molecule has 1 heterocycles. The normalized spacial score (nSPS) is 20.2. The average Bonchev–Trinajstić information content (AvgIpc) is 2.71. The van der Waals surface area contributed by atoms with E-state index >= 15 is 0 Å². The van der Waals surface area contributed by atoms with Crippen LogP contribution in [0.15, 0.2) is 24.3 Å². The van der Waals surface area contributed by atoms with Crippen LogP contribution in [0.3, 0.4) is 0 Å². The third-order valence-corrected chi connectivity index (χ3v) is 5.27. The lowest BCUT2D eigenvalue weighted by Gasteiger charge is -2.32. The molecule has 1 N–H and O–H groups in total. The van der Waals surface area contributed by atoms with Crippen LogP contribution in [0.1, 0.15) is 52.5 Å². The van der Waals surface area contributed by atoms with Crippen molar-refractivity contribution in [1.82, 2.24) is 5.32 Å². The molecule has 2 atom stereocenters. The molecule has 0 radical (unpaired) electrons.